The number of aromatic amines is 1. The summed E-state index contributed by atoms with van der Waals surface area (Å²) in [5, 5.41) is 11.4. The van der Waals surface area contributed by atoms with Gasteiger partial charge in [0, 0.05) is 11.5 Å². The fourth-order valence-corrected chi connectivity index (χ4v) is 2.26. The van der Waals surface area contributed by atoms with Crippen LogP contribution in [0.5, 0.6) is 0 Å². The molecule has 0 aliphatic carbocycles. The zero-order chi connectivity index (χ0) is 13.1. The molecule has 0 aliphatic rings. The third-order valence-corrected chi connectivity index (χ3v) is 3.36. The van der Waals surface area contributed by atoms with Gasteiger partial charge in [0.25, 0.3) is 0 Å². The zero-order valence-corrected chi connectivity index (χ0v) is 11.6. The van der Waals surface area contributed by atoms with E-state index in [-0.39, 0.29) is 11.6 Å². The summed E-state index contributed by atoms with van der Waals surface area (Å²) in [6, 6.07) is 0. The van der Waals surface area contributed by atoms with Crippen molar-refractivity contribution >= 4 is 34.1 Å². The molecule has 0 aromatic carbocycles. The number of hydrogen-bond acceptors (Lipinski definition) is 8. The van der Waals surface area contributed by atoms with Crippen LogP contribution in [0.15, 0.2) is 24.7 Å². The van der Waals surface area contributed by atoms with Crippen LogP contribution in [0.4, 0.5) is 10.8 Å². The second kappa shape index (κ2) is 5.44. The quantitative estimate of drug-likeness (QED) is 0.687. The molecule has 0 unspecified atom stereocenters. The Morgan fingerprint density at radius 2 is 2.22 bits per heavy atom. The highest BCUT2D eigenvalue weighted by molar-refractivity contribution is 7.98. The van der Waals surface area contributed by atoms with E-state index in [9.17, 15) is 4.79 Å². The number of nitrogens with one attached hydrogen (secondary N) is 1. The lowest BCUT2D eigenvalue weighted by atomic mass is 10.1. The van der Waals surface area contributed by atoms with Gasteiger partial charge in [-0.1, -0.05) is 25.6 Å². The molecule has 0 radical (unpaired) electrons. The lowest BCUT2D eigenvalue weighted by Crippen LogP contribution is -1.93. The number of rotatable bonds is 4. The van der Waals surface area contributed by atoms with E-state index in [1.807, 2.05) is 20.1 Å². The lowest BCUT2D eigenvalue weighted by Gasteiger charge is -1.98. The third kappa shape index (κ3) is 2.67. The molecule has 7 nitrogen and oxygen atoms in total. The van der Waals surface area contributed by atoms with Crippen LogP contribution in [0, 0.1) is 0 Å². The first-order valence-corrected chi connectivity index (χ1v) is 7.12. The molecule has 2 aromatic heterocycles. The van der Waals surface area contributed by atoms with Gasteiger partial charge in [-0.05, 0) is 12.2 Å². The summed E-state index contributed by atoms with van der Waals surface area (Å²) in [5.41, 5.74) is 0.279. The average Bonchev–Trinajstić information content (AvgIpc) is 2.93. The van der Waals surface area contributed by atoms with E-state index < -0.39 is 5.63 Å². The molecule has 0 fully saturated rings. The predicted octanol–water partition coefficient (Wildman–Crippen LogP) is 3.08. The number of azo groups is 1. The first kappa shape index (κ1) is 13.0. The molecular weight excluding hydrogens is 274 g/mol. The standard InChI is InChI=1S/C9H11N5O2S2/c1-4(2)5-6(7(15)16-13-5)11-12-8-10-9(17-3)14-18-8/h4,13H,1-3H3. The number of nitrogens with zero attached hydrogens (tertiary/aromatic N) is 4. The smallest absolute Gasteiger partial charge is 0.336 e. The highest BCUT2D eigenvalue weighted by atomic mass is 32.2. The SMILES string of the molecule is CSc1nsc(N=Nc2c(C(C)C)[nH]oc2=O)n1. The largest absolute Gasteiger partial charge is 0.384 e. The molecular formula is C9H11N5O2S2. The summed E-state index contributed by atoms with van der Waals surface area (Å²) >= 11 is 2.56. The van der Waals surface area contributed by atoms with Crippen molar-refractivity contribution in [2.24, 2.45) is 10.2 Å². The fourth-order valence-electron chi connectivity index (χ4n) is 1.21. The second-order valence-corrected chi connectivity index (χ2v) is 5.18. The van der Waals surface area contributed by atoms with Crippen LogP contribution in [0.2, 0.25) is 0 Å². The second-order valence-electron chi connectivity index (χ2n) is 3.67. The first-order valence-electron chi connectivity index (χ1n) is 5.12. The Bertz CT molecular complexity index is 613. The third-order valence-electron chi connectivity index (χ3n) is 2.09. The minimum atomic E-state index is -0.531. The molecule has 0 atom stereocenters. The molecule has 0 amide bonds. The molecule has 0 aliphatic heterocycles. The first-order chi connectivity index (χ1) is 8.61. The minimum Gasteiger partial charge on any atom is -0.336 e. The van der Waals surface area contributed by atoms with Crippen LogP contribution >= 0.6 is 23.3 Å². The van der Waals surface area contributed by atoms with Crippen LogP contribution in [0.25, 0.3) is 0 Å². The van der Waals surface area contributed by atoms with Gasteiger partial charge in [0.15, 0.2) is 5.69 Å². The molecule has 0 bridgehead atoms. The van der Waals surface area contributed by atoms with Crippen LogP contribution in [0.1, 0.15) is 25.5 Å². The van der Waals surface area contributed by atoms with E-state index in [2.05, 4.69) is 24.7 Å². The summed E-state index contributed by atoms with van der Waals surface area (Å²) in [4.78, 5) is 15.5. The van der Waals surface area contributed by atoms with E-state index in [0.29, 0.717) is 16.0 Å². The van der Waals surface area contributed by atoms with Crippen molar-refractivity contribution in [3.8, 4) is 0 Å². The molecule has 9 heteroatoms. The topological polar surface area (TPSA) is 96.5 Å². The Balaban J connectivity index is 2.28. The number of hydrogen-bond donors (Lipinski definition) is 1. The monoisotopic (exact) mass is 285 g/mol. The Morgan fingerprint density at radius 3 is 2.83 bits per heavy atom. The van der Waals surface area contributed by atoms with E-state index >= 15 is 0 Å². The van der Waals surface area contributed by atoms with Gasteiger partial charge in [0.1, 0.15) is 0 Å². The van der Waals surface area contributed by atoms with Gasteiger partial charge in [-0.25, -0.2) is 9.95 Å². The van der Waals surface area contributed by atoms with Crippen molar-refractivity contribution in [1.29, 1.82) is 0 Å². The van der Waals surface area contributed by atoms with E-state index in [4.69, 9.17) is 4.52 Å². The highest BCUT2D eigenvalue weighted by Crippen LogP contribution is 2.25. The molecule has 2 aromatic rings. The van der Waals surface area contributed by atoms with Gasteiger partial charge in [0.05, 0.1) is 5.69 Å². The average molecular weight is 285 g/mol. The van der Waals surface area contributed by atoms with Crippen molar-refractivity contribution < 1.29 is 4.52 Å². The van der Waals surface area contributed by atoms with Gasteiger partial charge in [0.2, 0.25) is 10.3 Å². The van der Waals surface area contributed by atoms with Crippen molar-refractivity contribution in [3.63, 3.8) is 0 Å². The maximum absolute atomic E-state index is 11.4. The van der Waals surface area contributed by atoms with Gasteiger partial charge < -0.3 is 4.52 Å². The van der Waals surface area contributed by atoms with Gasteiger partial charge in [-0.3, -0.25) is 0 Å². The van der Waals surface area contributed by atoms with Crippen molar-refractivity contribution in [2.45, 2.75) is 24.9 Å². The van der Waals surface area contributed by atoms with E-state index in [1.165, 1.54) is 11.8 Å². The molecule has 2 heterocycles. The van der Waals surface area contributed by atoms with Crippen LogP contribution in [-0.4, -0.2) is 20.8 Å². The summed E-state index contributed by atoms with van der Waals surface area (Å²) in [6.45, 7) is 3.85. The fraction of sp³-hybridized carbons (Fsp3) is 0.444. The van der Waals surface area contributed by atoms with Crippen molar-refractivity contribution in [1.82, 2.24) is 14.5 Å². The van der Waals surface area contributed by atoms with Crippen molar-refractivity contribution in [2.75, 3.05) is 6.26 Å². The van der Waals surface area contributed by atoms with E-state index in [1.54, 1.807) is 0 Å². The van der Waals surface area contributed by atoms with Gasteiger partial charge >= 0.3 is 5.63 Å². The maximum Gasteiger partial charge on any atom is 0.384 e. The molecule has 0 saturated carbocycles. The number of aromatic nitrogens is 3. The molecule has 96 valence electrons. The molecule has 1 N–H and O–H groups in total. The summed E-state index contributed by atoms with van der Waals surface area (Å²) < 4.78 is 8.75. The Labute approximate surface area is 111 Å². The number of H-pyrrole nitrogens is 1. The Hall–Kier alpha value is -1.48. The maximum atomic E-state index is 11.4. The Kier molecular flexibility index (Phi) is 3.92. The minimum absolute atomic E-state index is 0.0987. The summed E-state index contributed by atoms with van der Waals surface area (Å²) in [6.07, 6.45) is 1.88. The molecule has 0 saturated heterocycles. The Morgan fingerprint density at radius 1 is 1.44 bits per heavy atom. The highest BCUT2D eigenvalue weighted by Gasteiger charge is 2.14. The normalized spacial score (nSPS) is 11.8. The van der Waals surface area contributed by atoms with Crippen LogP contribution < -0.4 is 5.63 Å². The lowest BCUT2D eigenvalue weighted by molar-refractivity contribution is 0.382. The van der Waals surface area contributed by atoms with Crippen LogP contribution in [-0.2, 0) is 0 Å². The summed E-state index contributed by atoms with van der Waals surface area (Å²) in [7, 11) is 0. The summed E-state index contributed by atoms with van der Waals surface area (Å²) in [5.74, 6) is 0.0987. The molecule has 2 rings (SSSR count). The van der Waals surface area contributed by atoms with E-state index in [0.717, 1.165) is 11.5 Å². The molecule has 18 heavy (non-hydrogen) atoms. The predicted molar refractivity (Wildman–Crippen MR) is 69.3 cm³/mol. The van der Waals surface area contributed by atoms with Crippen molar-refractivity contribution in [3.05, 3.63) is 16.1 Å². The zero-order valence-electron chi connectivity index (χ0n) is 10.00. The van der Waals surface area contributed by atoms with Gasteiger partial charge in [-0.2, -0.15) is 9.36 Å². The number of thioether (sulfide) groups is 1. The van der Waals surface area contributed by atoms with Gasteiger partial charge in [-0.15, -0.1) is 10.2 Å². The molecule has 0 spiro atoms. The van der Waals surface area contributed by atoms with Crippen LogP contribution in [0.3, 0.4) is 0 Å².